The zero-order valence-electron chi connectivity index (χ0n) is 10.1. The van der Waals surface area contributed by atoms with Gasteiger partial charge >= 0.3 is 0 Å². The Labute approximate surface area is 108 Å². The number of rotatable bonds is 5. The highest BCUT2D eigenvalue weighted by atomic mass is 35.5. The van der Waals surface area contributed by atoms with Crippen molar-refractivity contribution in [2.24, 2.45) is 5.73 Å². The number of nitrogens with two attached hydrogens (primary N) is 1. The van der Waals surface area contributed by atoms with Crippen LogP contribution in [0.5, 0.6) is 0 Å². The molecule has 94 valence electrons. The molecule has 0 saturated carbocycles. The highest BCUT2D eigenvalue weighted by Crippen LogP contribution is 2.26. The van der Waals surface area contributed by atoms with Gasteiger partial charge in [-0.2, -0.15) is 0 Å². The van der Waals surface area contributed by atoms with E-state index in [1.165, 1.54) is 18.4 Å². The van der Waals surface area contributed by atoms with Gasteiger partial charge in [0.1, 0.15) is 0 Å². The molecular formula is C14H20ClNO. The molecular weight excluding hydrogens is 234 g/mol. The summed E-state index contributed by atoms with van der Waals surface area (Å²) < 4.78 is 5.64. The first-order chi connectivity index (χ1) is 8.29. The van der Waals surface area contributed by atoms with Gasteiger partial charge in [0.25, 0.3) is 0 Å². The van der Waals surface area contributed by atoms with Crippen LogP contribution in [0.4, 0.5) is 0 Å². The maximum atomic E-state index is 6.01. The Hall–Kier alpha value is -0.570. The fraction of sp³-hybridized carbons (Fsp3) is 0.571. The molecule has 2 rings (SSSR count). The van der Waals surface area contributed by atoms with Crippen LogP contribution in [0.1, 0.15) is 37.2 Å². The Morgan fingerprint density at radius 1 is 1.47 bits per heavy atom. The molecule has 1 heterocycles. The molecule has 3 heteroatoms. The second kappa shape index (κ2) is 6.39. The van der Waals surface area contributed by atoms with Crippen molar-refractivity contribution in [3.8, 4) is 0 Å². The third kappa shape index (κ3) is 3.70. The highest BCUT2D eigenvalue weighted by molar-refractivity contribution is 6.30. The van der Waals surface area contributed by atoms with Crippen molar-refractivity contribution < 1.29 is 4.74 Å². The Morgan fingerprint density at radius 3 is 3.00 bits per heavy atom. The predicted octanol–water partition coefficient (Wildman–Crippen LogP) is 3.34. The Balaban J connectivity index is 1.91. The topological polar surface area (TPSA) is 35.2 Å². The zero-order chi connectivity index (χ0) is 12.1. The average molecular weight is 254 g/mol. The fourth-order valence-electron chi connectivity index (χ4n) is 2.44. The van der Waals surface area contributed by atoms with Crippen LogP contribution in [0.2, 0.25) is 5.02 Å². The molecule has 17 heavy (non-hydrogen) atoms. The monoisotopic (exact) mass is 253 g/mol. The van der Waals surface area contributed by atoms with Crippen molar-refractivity contribution in [1.82, 2.24) is 0 Å². The molecule has 0 spiro atoms. The minimum Gasteiger partial charge on any atom is -0.378 e. The summed E-state index contributed by atoms with van der Waals surface area (Å²) in [6, 6.07) is 8.03. The van der Waals surface area contributed by atoms with Crippen LogP contribution in [-0.4, -0.2) is 19.3 Å². The predicted molar refractivity (Wildman–Crippen MR) is 71.5 cm³/mol. The van der Waals surface area contributed by atoms with Crippen LogP contribution in [-0.2, 0) is 4.74 Å². The minimum absolute atomic E-state index is 0.401. The molecule has 2 nitrogen and oxygen atoms in total. The lowest BCUT2D eigenvalue weighted by Gasteiger charge is -2.17. The molecule has 0 aliphatic carbocycles. The quantitative estimate of drug-likeness (QED) is 0.874. The first-order valence-electron chi connectivity index (χ1n) is 6.36. The number of hydrogen-bond acceptors (Lipinski definition) is 2. The summed E-state index contributed by atoms with van der Waals surface area (Å²) in [4.78, 5) is 0. The average Bonchev–Trinajstić information content (AvgIpc) is 2.83. The van der Waals surface area contributed by atoms with E-state index in [0.29, 0.717) is 18.6 Å². The molecule has 1 fully saturated rings. The van der Waals surface area contributed by atoms with Gasteiger partial charge in [0, 0.05) is 11.6 Å². The third-order valence-corrected chi connectivity index (χ3v) is 3.70. The van der Waals surface area contributed by atoms with Crippen LogP contribution in [0.15, 0.2) is 24.3 Å². The first kappa shape index (κ1) is 12.9. The molecule has 0 aromatic heterocycles. The standard InChI is InChI=1S/C14H20ClNO/c15-13-4-1-3-11(9-13)12(10-16)6-7-14-5-2-8-17-14/h1,3-4,9,12,14H,2,5-8,10,16H2. The molecule has 1 aliphatic rings. The van der Waals surface area contributed by atoms with Gasteiger partial charge in [0.2, 0.25) is 0 Å². The van der Waals surface area contributed by atoms with Gasteiger partial charge in [0.05, 0.1) is 6.10 Å². The molecule has 0 radical (unpaired) electrons. The second-order valence-electron chi connectivity index (χ2n) is 4.70. The largest absolute Gasteiger partial charge is 0.378 e. The zero-order valence-corrected chi connectivity index (χ0v) is 10.8. The molecule has 1 saturated heterocycles. The van der Waals surface area contributed by atoms with Crippen LogP contribution in [0.3, 0.4) is 0 Å². The number of halogens is 1. The molecule has 0 amide bonds. The summed E-state index contributed by atoms with van der Waals surface area (Å²) in [6.07, 6.45) is 5.04. The van der Waals surface area contributed by atoms with Gasteiger partial charge in [-0.15, -0.1) is 0 Å². The van der Waals surface area contributed by atoms with E-state index in [1.807, 2.05) is 18.2 Å². The molecule has 0 bridgehead atoms. The Bertz CT molecular complexity index is 350. The molecule has 1 aromatic rings. The van der Waals surface area contributed by atoms with E-state index in [1.54, 1.807) is 0 Å². The van der Waals surface area contributed by atoms with E-state index < -0.39 is 0 Å². The Kier molecular flexibility index (Phi) is 4.84. The SMILES string of the molecule is NCC(CCC1CCCO1)c1cccc(Cl)c1. The fourth-order valence-corrected chi connectivity index (χ4v) is 2.64. The first-order valence-corrected chi connectivity index (χ1v) is 6.74. The lowest BCUT2D eigenvalue weighted by Crippen LogP contribution is -2.15. The summed E-state index contributed by atoms with van der Waals surface area (Å²) in [5.41, 5.74) is 7.10. The van der Waals surface area contributed by atoms with Gasteiger partial charge in [-0.1, -0.05) is 23.7 Å². The minimum atomic E-state index is 0.401. The summed E-state index contributed by atoms with van der Waals surface area (Å²) in [7, 11) is 0. The second-order valence-corrected chi connectivity index (χ2v) is 5.14. The van der Waals surface area contributed by atoms with E-state index >= 15 is 0 Å². The van der Waals surface area contributed by atoms with E-state index in [0.717, 1.165) is 24.5 Å². The summed E-state index contributed by atoms with van der Waals surface area (Å²) >= 11 is 6.01. The van der Waals surface area contributed by atoms with Crippen molar-refractivity contribution >= 4 is 11.6 Å². The molecule has 1 aromatic carbocycles. The van der Waals surface area contributed by atoms with E-state index in [-0.39, 0.29) is 0 Å². The lowest BCUT2D eigenvalue weighted by atomic mass is 9.92. The van der Waals surface area contributed by atoms with E-state index in [2.05, 4.69) is 6.07 Å². The van der Waals surface area contributed by atoms with Gasteiger partial charge in [-0.25, -0.2) is 0 Å². The van der Waals surface area contributed by atoms with Gasteiger partial charge in [0.15, 0.2) is 0 Å². The molecule has 1 aliphatic heterocycles. The third-order valence-electron chi connectivity index (χ3n) is 3.47. The Morgan fingerprint density at radius 2 is 2.35 bits per heavy atom. The van der Waals surface area contributed by atoms with Crippen LogP contribution in [0, 0.1) is 0 Å². The van der Waals surface area contributed by atoms with Gasteiger partial charge in [-0.05, 0) is 55.8 Å². The van der Waals surface area contributed by atoms with Crippen LogP contribution >= 0.6 is 11.6 Å². The summed E-state index contributed by atoms with van der Waals surface area (Å²) in [5, 5.41) is 0.790. The smallest absolute Gasteiger partial charge is 0.0576 e. The maximum absolute atomic E-state index is 6.01. The van der Waals surface area contributed by atoms with Crippen LogP contribution in [0.25, 0.3) is 0 Å². The van der Waals surface area contributed by atoms with Gasteiger partial charge in [-0.3, -0.25) is 0 Å². The number of hydrogen-bond donors (Lipinski definition) is 1. The number of ether oxygens (including phenoxy) is 1. The highest BCUT2D eigenvalue weighted by Gasteiger charge is 2.18. The summed E-state index contributed by atoms with van der Waals surface area (Å²) in [6.45, 7) is 1.60. The summed E-state index contributed by atoms with van der Waals surface area (Å²) in [5.74, 6) is 0.401. The number of benzene rings is 1. The van der Waals surface area contributed by atoms with Crippen molar-refractivity contribution in [3.63, 3.8) is 0 Å². The normalized spacial score (nSPS) is 21.6. The molecule has 2 N–H and O–H groups in total. The molecule has 2 atom stereocenters. The van der Waals surface area contributed by atoms with Crippen molar-refractivity contribution in [2.45, 2.75) is 37.7 Å². The van der Waals surface area contributed by atoms with Crippen molar-refractivity contribution in [2.75, 3.05) is 13.2 Å². The molecule has 2 unspecified atom stereocenters. The van der Waals surface area contributed by atoms with Crippen molar-refractivity contribution in [1.29, 1.82) is 0 Å². The lowest BCUT2D eigenvalue weighted by molar-refractivity contribution is 0.101. The maximum Gasteiger partial charge on any atom is 0.0576 e. The van der Waals surface area contributed by atoms with Crippen molar-refractivity contribution in [3.05, 3.63) is 34.9 Å². The van der Waals surface area contributed by atoms with Crippen LogP contribution < -0.4 is 5.73 Å². The van der Waals surface area contributed by atoms with Gasteiger partial charge < -0.3 is 10.5 Å². The van der Waals surface area contributed by atoms with E-state index in [4.69, 9.17) is 22.1 Å². The van der Waals surface area contributed by atoms with E-state index in [9.17, 15) is 0 Å².